The van der Waals surface area contributed by atoms with Crippen LogP contribution in [0, 0.1) is 29.6 Å². The fourth-order valence-corrected chi connectivity index (χ4v) is 5.22. The lowest BCUT2D eigenvalue weighted by Gasteiger charge is -2.37. The highest BCUT2D eigenvalue weighted by atomic mass is 19.3. The van der Waals surface area contributed by atoms with Gasteiger partial charge in [0.05, 0.1) is 5.92 Å². The van der Waals surface area contributed by atoms with Crippen molar-refractivity contribution in [3.63, 3.8) is 0 Å². The van der Waals surface area contributed by atoms with Crippen molar-refractivity contribution in [3.05, 3.63) is 0 Å². The molecule has 3 aliphatic rings. The topological polar surface area (TPSA) is 0 Å². The molecule has 0 saturated heterocycles. The summed E-state index contributed by atoms with van der Waals surface area (Å²) in [5.74, 6) is -4.72. The van der Waals surface area contributed by atoms with Gasteiger partial charge in [-0.15, -0.1) is 0 Å². The van der Waals surface area contributed by atoms with Gasteiger partial charge in [-0.3, -0.25) is 0 Å². The highest BCUT2D eigenvalue weighted by Crippen LogP contribution is 2.59. The van der Waals surface area contributed by atoms with Crippen LogP contribution in [0.5, 0.6) is 0 Å². The Bertz CT molecular complexity index is 362. The minimum absolute atomic E-state index is 0.0126. The van der Waals surface area contributed by atoms with Gasteiger partial charge in [0.2, 0.25) is 0 Å². The van der Waals surface area contributed by atoms with Crippen molar-refractivity contribution in [2.75, 3.05) is 0 Å². The third kappa shape index (κ3) is 2.61. The van der Waals surface area contributed by atoms with Gasteiger partial charge in [-0.2, -0.15) is 0 Å². The molecule has 0 amide bonds. The van der Waals surface area contributed by atoms with Crippen molar-refractivity contribution >= 4 is 0 Å². The molecular weight excluding hydrogens is 280 g/mol. The van der Waals surface area contributed by atoms with E-state index in [1.165, 1.54) is 0 Å². The van der Waals surface area contributed by atoms with Gasteiger partial charge in [0, 0.05) is 5.92 Å². The van der Waals surface area contributed by atoms with Crippen molar-refractivity contribution in [2.24, 2.45) is 29.6 Å². The highest BCUT2D eigenvalue weighted by molar-refractivity contribution is 5.06. The minimum Gasteiger partial charge on any atom is -0.244 e. The molecule has 0 heterocycles. The molecule has 0 spiro atoms. The molecule has 0 aliphatic heterocycles. The van der Waals surface area contributed by atoms with Crippen molar-refractivity contribution in [1.82, 2.24) is 0 Å². The summed E-state index contributed by atoms with van der Waals surface area (Å²) in [6.45, 7) is 2.15. The number of fused-ring (bicyclic) bond motifs is 1. The monoisotopic (exact) mass is 306 g/mol. The Hall–Kier alpha value is -0.280. The second-order valence-corrected chi connectivity index (χ2v) is 7.53. The van der Waals surface area contributed by atoms with Crippen LogP contribution in [0.1, 0.15) is 58.3 Å². The molecular formula is C17H26F4. The summed E-state index contributed by atoms with van der Waals surface area (Å²) in [7, 11) is 0. The predicted octanol–water partition coefficient (Wildman–Crippen LogP) is 5.56. The highest BCUT2D eigenvalue weighted by Gasteiger charge is 2.64. The van der Waals surface area contributed by atoms with E-state index < -0.39 is 30.1 Å². The number of alkyl halides is 4. The smallest absolute Gasteiger partial charge is 0.244 e. The first-order valence-electron chi connectivity index (χ1n) is 8.61. The zero-order chi connectivity index (χ0) is 15.2. The zero-order valence-corrected chi connectivity index (χ0v) is 12.7. The average Bonchev–Trinajstić information content (AvgIpc) is 2.75. The summed E-state index contributed by atoms with van der Waals surface area (Å²) in [6, 6.07) is 0. The largest absolute Gasteiger partial charge is 0.257 e. The summed E-state index contributed by atoms with van der Waals surface area (Å²) in [5, 5.41) is 0. The number of rotatable bonds is 2. The van der Waals surface area contributed by atoms with Crippen molar-refractivity contribution in [1.29, 1.82) is 0 Å². The summed E-state index contributed by atoms with van der Waals surface area (Å²) >= 11 is 0. The quantitative estimate of drug-likeness (QED) is 0.586. The molecule has 0 bridgehead atoms. The SMILES string of the molecule is CCC1CCC(C2CC3CCC(F)C(F)C3C2(F)F)CC1. The molecule has 3 fully saturated rings. The summed E-state index contributed by atoms with van der Waals surface area (Å²) in [4.78, 5) is 0. The molecule has 0 aromatic carbocycles. The van der Waals surface area contributed by atoms with Crippen LogP contribution in [0.2, 0.25) is 0 Å². The molecule has 0 radical (unpaired) electrons. The maximum atomic E-state index is 14.7. The van der Waals surface area contributed by atoms with Gasteiger partial charge >= 0.3 is 0 Å². The molecule has 3 aliphatic carbocycles. The Morgan fingerprint density at radius 2 is 1.52 bits per heavy atom. The third-order valence-corrected chi connectivity index (χ3v) is 6.54. The van der Waals surface area contributed by atoms with Crippen molar-refractivity contribution in [3.8, 4) is 0 Å². The number of hydrogen-bond acceptors (Lipinski definition) is 0. The van der Waals surface area contributed by atoms with Gasteiger partial charge in [-0.1, -0.05) is 26.2 Å². The molecule has 0 aromatic heterocycles. The van der Waals surface area contributed by atoms with Crippen LogP contribution in [0.3, 0.4) is 0 Å². The molecule has 3 rings (SSSR count). The van der Waals surface area contributed by atoms with Gasteiger partial charge in [0.25, 0.3) is 5.92 Å². The van der Waals surface area contributed by atoms with Gasteiger partial charge in [0.1, 0.15) is 12.3 Å². The zero-order valence-electron chi connectivity index (χ0n) is 12.7. The molecule has 0 nitrogen and oxygen atoms in total. The van der Waals surface area contributed by atoms with Crippen LogP contribution in [0.25, 0.3) is 0 Å². The normalized spacial score (nSPS) is 49.9. The van der Waals surface area contributed by atoms with E-state index in [-0.39, 0.29) is 18.3 Å². The second-order valence-electron chi connectivity index (χ2n) is 7.53. The van der Waals surface area contributed by atoms with Crippen LogP contribution < -0.4 is 0 Å². The first kappa shape index (κ1) is 15.6. The molecule has 3 saturated carbocycles. The second kappa shape index (κ2) is 5.73. The molecule has 0 N–H and O–H groups in total. The van der Waals surface area contributed by atoms with Crippen LogP contribution in [0.4, 0.5) is 17.6 Å². The molecule has 5 unspecified atom stereocenters. The summed E-state index contributed by atoms with van der Waals surface area (Å²) in [5.41, 5.74) is 0. The fourth-order valence-electron chi connectivity index (χ4n) is 5.22. The summed E-state index contributed by atoms with van der Waals surface area (Å²) < 4.78 is 57.0. The minimum atomic E-state index is -3.02. The van der Waals surface area contributed by atoms with Crippen LogP contribution in [-0.4, -0.2) is 18.3 Å². The Morgan fingerprint density at radius 3 is 2.14 bits per heavy atom. The first-order chi connectivity index (χ1) is 9.95. The maximum Gasteiger partial charge on any atom is 0.257 e. The van der Waals surface area contributed by atoms with E-state index in [9.17, 15) is 17.6 Å². The lowest BCUT2D eigenvalue weighted by atomic mass is 9.73. The van der Waals surface area contributed by atoms with E-state index in [0.29, 0.717) is 18.8 Å². The average molecular weight is 306 g/mol. The van der Waals surface area contributed by atoms with Gasteiger partial charge < -0.3 is 0 Å². The van der Waals surface area contributed by atoms with E-state index in [1.54, 1.807) is 0 Å². The van der Waals surface area contributed by atoms with Crippen LogP contribution in [-0.2, 0) is 0 Å². The molecule has 122 valence electrons. The maximum absolute atomic E-state index is 14.7. The predicted molar refractivity (Wildman–Crippen MR) is 74.8 cm³/mol. The molecule has 21 heavy (non-hydrogen) atoms. The van der Waals surface area contributed by atoms with E-state index >= 15 is 0 Å². The van der Waals surface area contributed by atoms with Gasteiger partial charge in [-0.05, 0) is 49.9 Å². The van der Waals surface area contributed by atoms with Gasteiger partial charge in [0.15, 0.2) is 0 Å². The molecule has 4 heteroatoms. The summed E-state index contributed by atoms with van der Waals surface area (Å²) in [6.07, 6.45) is 2.16. The first-order valence-corrected chi connectivity index (χ1v) is 8.61. The standard InChI is InChI=1S/C17H26F4/c1-2-10-3-5-11(6-4-10)13-9-12-7-8-14(18)16(19)15(12)17(13,20)21/h10-16H,2-9H2,1H3. The lowest BCUT2D eigenvalue weighted by Crippen LogP contribution is -2.45. The Morgan fingerprint density at radius 1 is 0.905 bits per heavy atom. The molecule has 0 aromatic rings. The fraction of sp³-hybridized carbons (Fsp3) is 1.00. The van der Waals surface area contributed by atoms with Crippen molar-refractivity contribution < 1.29 is 17.6 Å². The Labute approximate surface area is 124 Å². The Balaban J connectivity index is 1.73. The van der Waals surface area contributed by atoms with Gasteiger partial charge in [-0.25, -0.2) is 17.6 Å². The van der Waals surface area contributed by atoms with E-state index in [1.807, 2.05) is 0 Å². The Kier molecular flexibility index (Phi) is 4.26. The van der Waals surface area contributed by atoms with E-state index in [0.717, 1.165) is 32.1 Å². The van der Waals surface area contributed by atoms with Crippen molar-refractivity contribution in [2.45, 2.75) is 76.6 Å². The van der Waals surface area contributed by atoms with E-state index in [4.69, 9.17) is 0 Å². The number of hydrogen-bond donors (Lipinski definition) is 0. The third-order valence-electron chi connectivity index (χ3n) is 6.54. The van der Waals surface area contributed by atoms with E-state index in [2.05, 4.69) is 6.92 Å². The van der Waals surface area contributed by atoms with Crippen LogP contribution >= 0.6 is 0 Å². The lowest BCUT2D eigenvalue weighted by molar-refractivity contribution is -0.139. The number of halogens is 4. The molecule has 5 atom stereocenters. The van der Waals surface area contributed by atoms with Crippen LogP contribution in [0.15, 0.2) is 0 Å².